The number of benzene rings is 1. The molecule has 1 atom stereocenters. The molecule has 0 heterocycles. The molecule has 0 aromatic heterocycles. The van der Waals surface area contributed by atoms with E-state index in [2.05, 4.69) is 19.2 Å². The third-order valence-electron chi connectivity index (χ3n) is 3.14. The molecule has 20 heavy (non-hydrogen) atoms. The van der Waals surface area contributed by atoms with Crippen molar-refractivity contribution in [1.82, 2.24) is 5.32 Å². The van der Waals surface area contributed by atoms with Crippen LogP contribution >= 0.6 is 0 Å². The molecule has 5 heteroatoms. The average molecular weight is 299 g/mol. The fourth-order valence-electron chi connectivity index (χ4n) is 2.10. The Morgan fingerprint density at radius 3 is 2.60 bits per heavy atom. The summed E-state index contributed by atoms with van der Waals surface area (Å²) in [5, 5.41) is 3.31. The maximum atomic E-state index is 12.5. The minimum atomic E-state index is -3.29. The van der Waals surface area contributed by atoms with Crippen LogP contribution in [0.2, 0.25) is 0 Å². The number of hydrogen-bond acceptors (Lipinski definition) is 4. The van der Waals surface area contributed by atoms with Gasteiger partial charge in [0.2, 0.25) is 0 Å². The van der Waals surface area contributed by atoms with Gasteiger partial charge in [0.05, 0.1) is 17.8 Å². The first-order valence-electron chi connectivity index (χ1n) is 7.13. The molecule has 1 N–H and O–H groups in total. The molecule has 0 saturated heterocycles. The number of nitrogens with one attached hydrogen (secondary N) is 1. The first kappa shape index (κ1) is 17.0. The minimum Gasteiger partial charge on any atom is -0.497 e. The second kappa shape index (κ2) is 8.27. The van der Waals surface area contributed by atoms with E-state index in [0.29, 0.717) is 10.6 Å². The van der Waals surface area contributed by atoms with Crippen molar-refractivity contribution in [2.24, 2.45) is 0 Å². The molecule has 0 aliphatic heterocycles. The highest BCUT2D eigenvalue weighted by Gasteiger charge is 2.20. The fraction of sp³-hybridized carbons (Fsp3) is 0.600. The zero-order chi connectivity index (χ0) is 15.0. The lowest BCUT2D eigenvalue weighted by molar-refractivity contribution is 0.413. The number of methoxy groups -OCH3 is 1. The van der Waals surface area contributed by atoms with Gasteiger partial charge in [-0.05, 0) is 37.6 Å². The molecule has 0 amide bonds. The molecule has 114 valence electrons. The molecule has 1 unspecified atom stereocenters. The number of sulfone groups is 1. The summed E-state index contributed by atoms with van der Waals surface area (Å²) in [6.45, 7) is 4.99. The number of hydrogen-bond donors (Lipinski definition) is 1. The smallest absolute Gasteiger partial charge is 0.180 e. The van der Waals surface area contributed by atoms with E-state index in [1.165, 1.54) is 7.11 Å². The Labute approximate surface area is 122 Å². The van der Waals surface area contributed by atoms with Gasteiger partial charge in [-0.25, -0.2) is 8.42 Å². The van der Waals surface area contributed by atoms with Gasteiger partial charge in [0.1, 0.15) is 5.75 Å². The van der Waals surface area contributed by atoms with Crippen molar-refractivity contribution >= 4 is 9.84 Å². The summed E-state index contributed by atoms with van der Waals surface area (Å²) >= 11 is 0. The van der Waals surface area contributed by atoms with Gasteiger partial charge in [-0.2, -0.15) is 0 Å². The highest BCUT2D eigenvalue weighted by atomic mass is 32.2. The predicted octanol–water partition coefficient (Wildman–Crippen LogP) is 2.64. The van der Waals surface area contributed by atoms with Crippen LogP contribution < -0.4 is 10.1 Å². The van der Waals surface area contributed by atoms with E-state index in [-0.39, 0.29) is 11.8 Å². The highest BCUT2D eigenvalue weighted by Crippen LogP contribution is 2.19. The van der Waals surface area contributed by atoms with Gasteiger partial charge in [-0.1, -0.05) is 26.3 Å². The fourth-order valence-corrected chi connectivity index (χ4v) is 3.69. The summed E-state index contributed by atoms with van der Waals surface area (Å²) in [5.41, 5.74) is 0. The Morgan fingerprint density at radius 2 is 2.00 bits per heavy atom. The minimum absolute atomic E-state index is 0.0103. The monoisotopic (exact) mass is 299 g/mol. The molecule has 1 aromatic carbocycles. The summed E-state index contributed by atoms with van der Waals surface area (Å²) in [7, 11) is -1.75. The Morgan fingerprint density at radius 1 is 1.25 bits per heavy atom. The van der Waals surface area contributed by atoms with E-state index in [9.17, 15) is 8.42 Å². The third kappa shape index (κ3) is 5.13. The maximum Gasteiger partial charge on any atom is 0.180 e. The van der Waals surface area contributed by atoms with Crippen LogP contribution in [0.15, 0.2) is 29.2 Å². The largest absolute Gasteiger partial charge is 0.497 e. The van der Waals surface area contributed by atoms with E-state index in [1.807, 2.05) is 0 Å². The Bertz CT molecular complexity index is 500. The van der Waals surface area contributed by atoms with Gasteiger partial charge in [-0.15, -0.1) is 0 Å². The van der Waals surface area contributed by atoms with Crippen LogP contribution in [-0.4, -0.2) is 33.9 Å². The lowest BCUT2D eigenvalue weighted by atomic mass is 10.2. The van der Waals surface area contributed by atoms with Gasteiger partial charge in [-0.3, -0.25) is 0 Å². The second-order valence-corrected chi connectivity index (χ2v) is 6.93. The molecule has 0 bridgehead atoms. The first-order chi connectivity index (χ1) is 9.53. The van der Waals surface area contributed by atoms with Crippen LogP contribution in [0.5, 0.6) is 5.75 Å². The maximum absolute atomic E-state index is 12.5. The third-order valence-corrected chi connectivity index (χ3v) is 4.95. The molecule has 0 aliphatic rings. The molecule has 1 rings (SSSR count). The van der Waals surface area contributed by atoms with Crippen molar-refractivity contribution in [3.8, 4) is 5.75 Å². The van der Waals surface area contributed by atoms with Crippen LogP contribution in [-0.2, 0) is 9.84 Å². The van der Waals surface area contributed by atoms with Crippen molar-refractivity contribution in [3.05, 3.63) is 24.3 Å². The van der Waals surface area contributed by atoms with Crippen LogP contribution in [0.4, 0.5) is 0 Å². The molecule has 4 nitrogen and oxygen atoms in total. The van der Waals surface area contributed by atoms with Crippen molar-refractivity contribution < 1.29 is 13.2 Å². The Kier molecular flexibility index (Phi) is 7.02. The van der Waals surface area contributed by atoms with Gasteiger partial charge in [0, 0.05) is 6.04 Å². The van der Waals surface area contributed by atoms with Crippen LogP contribution in [0.3, 0.4) is 0 Å². The highest BCUT2D eigenvalue weighted by molar-refractivity contribution is 7.91. The lowest BCUT2D eigenvalue weighted by Gasteiger charge is -2.18. The first-order valence-corrected chi connectivity index (χ1v) is 8.79. The van der Waals surface area contributed by atoms with Crippen molar-refractivity contribution in [2.75, 3.05) is 19.4 Å². The van der Waals surface area contributed by atoms with Gasteiger partial charge in [0.15, 0.2) is 9.84 Å². The molecule has 0 fully saturated rings. The topological polar surface area (TPSA) is 55.4 Å². The summed E-state index contributed by atoms with van der Waals surface area (Å²) < 4.78 is 30.0. The normalized spacial score (nSPS) is 13.2. The Balaban J connectivity index is 2.84. The zero-order valence-electron chi connectivity index (χ0n) is 12.6. The van der Waals surface area contributed by atoms with Crippen molar-refractivity contribution in [2.45, 2.75) is 44.0 Å². The van der Waals surface area contributed by atoms with Crippen LogP contribution in [0.25, 0.3) is 0 Å². The molecule has 0 radical (unpaired) electrons. The number of ether oxygens (including phenoxy) is 1. The summed E-state index contributed by atoms with van der Waals surface area (Å²) in [4.78, 5) is 0.330. The van der Waals surface area contributed by atoms with Crippen molar-refractivity contribution in [3.63, 3.8) is 0 Å². The SMILES string of the molecule is CCCNC(CCC)CS(=O)(=O)c1cccc(OC)c1. The van der Waals surface area contributed by atoms with E-state index in [0.717, 1.165) is 25.8 Å². The lowest BCUT2D eigenvalue weighted by Crippen LogP contribution is -2.36. The molecule has 1 aromatic rings. The van der Waals surface area contributed by atoms with E-state index < -0.39 is 9.84 Å². The summed E-state index contributed by atoms with van der Waals surface area (Å²) in [6, 6.07) is 6.67. The molecular formula is C15H25NO3S. The van der Waals surface area contributed by atoms with Crippen molar-refractivity contribution in [1.29, 1.82) is 0 Å². The Hall–Kier alpha value is -1.07. The van der Waals surface area contributed by atoms with E-state index in [4.69, 9.17) is 4.74 Å². The van der Waals surface area contributed by atoms with Gasteiger partial charge >= 0.3 is 0 Å². The molecule has 0 saturated carbocycles. The number of rotatable bonds is 9. The summed E-state index contributed by atoms with van der Waals surface area (Å²) in [6.07, 6.45) is 2.83. The van der Waals surface area contributed by atoms with Crippen LogP contribution in [0.1, 0.15) is 33.1 Å². The standard InChI is InChI=1S/C15H25NO3S/c1-4-7-13(16-10-5-2)12-20(17,18)15-9-6-8-14(11-15)19-3/h6,8-9,11,13,16H,4-5,7,10,12H2,1-3H3. The van der Waals surface area contributed by atoms with E-state index >= 15 is 0 Å². The second-order valence-electron chi connectivity index (χ2n) is 4.90. The average Bonchev–Trinajstić information content (AvgIpc) is 2.45. The predicted molar refractivity (Wildman–Crippen MR) is 82.0 cm³/mol. The van der Waals surface area contributed by atoms with Gasteiger partial charge in [0.25, 0.3) is 0 Å². The molecular weight excluding hydrogens is 274 g/mol. The molecule has 0 spiro atoms. The van der Waals surface area contributed by atoms with Crippen LogP contribution in [0, 0.1) is 0 Å². The molecule has 0 aliphatic carbocycles. The van der Waals surface area contributed by atoms with E-state index in [1.54, 1.807) is 24.3 Å². The summed E-state index contributed by atoms with van der Waals surface area (Å²) in [5.74, 6) is 0.702. The quantitative estimate of drug-likeness (QED) is 0.761. The van der Waals surface area contributed by atoms with Gasteiger partial charge < -0.3 is 10.1 Å². The zero-order valence-corrected chi connectivity index (χ0v) is 13.4.